The van der Waals surface area contributed by atoms with Crippen LogP contribution in [0.5, 0.6) is 0 Å². The van der Waals surface area contributed by atoms with Crippen LogP contribution in [0.25, 0.3) is 97.4 Å². The summed E-state index contributed by atoms with van der Waals surface area (Å²) in [6, 6.07) is 65.5. The van der Waals surface area contributed by atoms with Gasteiger partial charge in [0.1, 0.15) is 0 Å². The van der Waals surface area contributed by atoms with Crippen LogP contribution < -0.4 is 0 Å². The fraction of sp³-hybridized carbons (Fsp3) is 0.0943. The first-order valence-electron chi connectivity index (χ1n) is 19.8. The second-order valence-corrected chi connectivity index (χ2v) is 16.5. The van der Waals surface area contributed by atoms with Crippen molar-refractivity contribution in [3.63, 3.8) is 0 Å². The second kappa shape index (κ2) is 13.1. The van der Waals surface area contributed by atoms with Gasteiger partial charge in [-0.15, -0.1) is 11.3 Å². The third-order valence-electron chi connectivity index (χ3n) is 11.9. The van der Waals surface area contributed by atoms with Crippen LogP contribution in [0.3, 0.4) is 0 Å². The Hall–Kier alpha value is -6.42. The van der Waals surface area contributed by atoms with Crippen molar-refractivity contribution in [3.05, 3.63) is 181 Å². The molecule has 1 atom stereocenters. The summed E-state index contributed by atoms with van der Waals surface area (Å²) in [6.07, 6.45) is 2.29. The van der Waals surface area contributed by atoms with Gasteiger partial charge in [-0.1, -0.05) is 117 Å². The van der Waals surface area contributed by atoms with Crippen LogP contribution in [0.1, 0.15) is 25.8 Å². The Balaban J connectivity index is 1.00. The highest BCUT2D eigenvalue weighted by molar-refractivity contribution is 7.25. The molecule has 11 rings (SSSR count). The van der Waals surface area contributed by atoms with Gasteiger partial charge in [0.15, 0.2) is 0 Å². The number of benzene rings is 8. The summed E-state index contributed by atoms with van der Waals surface area (Å²) in [6.45, 7) is 4.62. The predicted molar refractivity (Wildman–Crippen MR) is 242 cm³/mol. The summed E-state index contributed by atoms with van der Waals surface area (Å²) >= 11 is 1.88. The van der Waals surface area contributed by atoms with Crippen LogP contribution >= 0.6 is 11.3 Å². The van der Waals surface area contributed by atoms with E-state index in [9.17, 15) is 0 Å². The third kappa shape index (κ3) is 5.30. The van der Waals surface area contributed by atoms with Crippen molar-refractivity contribution in [1.29, 1.82) is 0 Å². The Labute approximate surface area is 330 Å². The molecule has 56 heavy (non-hydrogen) atoms. The van der Waals surface area contributed by atoms with Crippen molar-refractivity contribution >= 4 is 75.1 Å². The number of hydrogen-bond donors (Lipinski definition) is 0. The molecule has 0 bridgehead atoms. The first kappa shape index (κ1) is 33.0. The number of rotatable bonds is 7. The molecule has 0 fully saturated rings. The van der Waals surface area contributed by atoms with Crippen molar-refractivity contribution < 1.29 is 0 Å². The third-order valence-corrected chi connectivity index (χ3v) is 13.1. The fourth-order valence-corrected chi connectivity index (χ4v) is 10.0. The smallest absolute Gasteiger partial charge is 0.0541 e. The fourth-order valence-electron chi connectivity index (χ4n) is 8.96. The molecule has 1 unspecified atom stereocenters. The predicted octanol–water partition coefficient (Wildman–Crippen LogP) is 15.2. The summed E-state index contributed by atoms with van der Waals surface area (Å²) in [5.41, 5.74) is 13.7. The minimum atomic E-state index is 0.665. The van der Waals surface area contributed by atoms with E-state index in [2.05, 4.69) is 199 Å². The lowest BCUT2D eigenvalue weighted by Crippen LogP contribution is -2.00. The van der Waals surface area contributed by atoms with E-state index < -0.39 is 0 Å². The highest BCUT2D eigenvalue weighted by Gasteiger charge is 2.16. The summed E-state index contributed by atoms with van der Waals surface area (Å²) in [7, 11) is 0. The van der Waals surface area contributed by atoms with Crippen molar-refractivity contribution in [2.75, 3.05) is 0 Å². The molecule has 0 spiro atoms. The molecule has 0 saturated heterocycles. The largest absolute Gasteiger partial charge is 0.309 e. The van der Waals surface area contributed by atoms with E-state index in [-0.39, 0.29) is 0 Å². The van der Waals surface area contributed by atoms with Crippen molar-refractivity contribution in [1.82, 2.24) is 9.13 Å². The topological polar surface area (TPSA) is 9.86 Å². The van der Waals surface area contributed by atoms with Crippen LogP contribution in [0.4, 0.5) is 0 Å². The van der Waals surface area contributed by atoms with Gasteiger partial charge in [-0.3, -0.25) is 0 Å². The zero-order chi connectivity index (χ0) is 37.3. The minimum Gasteiger partial charge on any atom is -0.309 e. The molecule has 0 aliphatic rings. The van der Waals surface area contributed by atoms with Crippen molar-refractivity contribution in [3.8, 4) is 33.6 Å². The summed E-state index contributed by atoms with van der Waals surface area (Å²) in [5.74, 6) is 0.665. The molecule has 0 aliphatic carbocycles. The highest BCUT2D eigenvalue weighted by atomic mass is 32.1. The Morgan fingerprint density at radius 3 is 1.46 bits per heavy atom. The quantitative estimate of drug-likeness (QED) is 0.154. The first-order valence-corrected chi connectivity index (χ1v) is 20.6. The van der Waals surface area contributed by atoms with E-state index in [0.29, 0.717) is 5.92 Å². The average molecular weight is 737 g/mol. The lowest BCUT2D eigenvalue weighted by molar-refractivity contribution is 0.560. The van der Waals surface area contributed by atoms with E-state index in [1.54, 1.807) is 0 Å². The van der Waals surface area contributed by atoms with Crippen LogP contribution in [0, 0.1) is 5.92 Å². The molecule has 0 amide bonds. The lowest BCUT2D eigenvalue weighted by atomic mass is 9.98. The average Bonchev–Trinajstić information content (AvgIpc) is 3.90. The Morgan fingerprint density at radius 2 is 0.875 bits per heavy atom. The standard InChI is InChI=1S/C53H40N2S/c1-3-34(2)28-35-12-10-14-40(29-35)54-50-21-9-6-18-44(50)45-31-37(22-25-51(45)54)39-24-27-53-47(33-39)46-32-38(23-26-52(46)56-53)36-13-11-15-41(30-36)55-48-19-7-4-16-42(48)43-17-5-8-20-49(43)55/h4-27,29-34H,3,28H2,1-2H3. The summed E-state index contributed by atoms with van der Waals surface area (Å²) in [5, 5.41) is 7.74. The van der Waals surface area contributed by atoms with E-state index in [0.717, 1.165) is 6.42 Å². The maximum absolute atomic E-state index is 2.45. The van der Waals surface area contributed by atoms with Gasteiger partial charge in [0.25, 0.3) is 0 Å². The summed E-state index contributed by atoms with van der Waals surface area (Å²) < 4.78 is 7.48. The summed E-state index contributed by atoms with van der Waals surface area (Å²) in [4.78, 5) is 0. The highest BCUT2D eigenvalue weighted by Crippen LogP contribution is 2.41. The SMILES string of the molecule is CCC(C)Cc1cccc(-n2c3ccccc3c3cc(-c4ccc5sc6ccc(-c7cccc(-n8c9ccccc9c9ccccc98)c7)cc6c5c4)ccc32)c1. The van der Waals surface area contributed by atoms with Crippen molar-refractivity contribution in [2.45, 2.75) is 26.7 Å². The van der Waals surface area contributed by atoms with Crippen molar-refractivity contribution in [2.24, 2.45) is 5.92 Å². The molecule has 3 heterocycles. The zero-order valence-electron chi connectivity index (χ0n) is 31.5. The normalized spacial score (nSPS) is 12.5. The molecular weight excluding hydrogens is 697 g/mol. The molecule has 0 N–H and O–H groups in total. The molecule has 3 aromatic heterocycles. The molecule has 8 aromatic carbocycles. The number of fused-ring (bicyclic) bond motifs is 9. The number of thiophene rings is 1. The van der Waals surface area contributed by atoms with Crippen LogP contribution in [-0.4, -0.2) is 9.13 Å². The van der Waals surface area contributed by atoms with E-state index in [4.69, 9.17) is 0 Å². The van der Waals surface area contributed by atoms with Gasteiger partial charge in [-0.2, -0.15) is 0 Å². The molecule has 2 nitrogen and oxygen atoms in total. The lowest BCUT2D eigenvalue weighted by Gasteiger charge is -2.12. The number of nitrogens with zero attached hydrogens (tertiary/aromatic N) is 2. The molecule has 11 aromatic rings. The molecule has 0 radical (unpaired) electrons. The first-order chi connectivity index (χ1) is 27.6. The maximum atomic E-state index is 2.45. The zero-order valence-corrected chi connectivity index (χ0v) is 32.4. The maximum Gasteiger partial charge on any atom is 0.0541 e. The van der Waals surface area contributed by atoms with Gasteiger partial charge in [0.05, 0.1) is 22.1 Å². The molecular formula is C53H40N2S. The Morgan fingerprint density at radius 1 is 0.411 bits per heavy atom. The Bertz CT molecular complexity index is 3250. The van der Waals surface area contributed by atoms with Gasteiger partial charge < -0.3 is 9.13 Å². The van der Waals surface area contributed by atoms with Gasteiger partial charge in [0.2, 0.25) is 0 Å². The second-order valence-electron chi connectivity index (χ2n) is 15.4. The van der Waals surface area contributed by atoms with Crippen LogP contribution in [0.15, 0.2) is 176 Å². The number of aromatic nitrogens is 2. The monoisotopic (exact) mass is 736 g/mol. The minimum absolute atomic E-state index is 0.665. The number of para-hydroxylation sites is 3. The molecule has 0 aliphatic heterocycles. The van der Waals surface area contributed by atoms with Gasteiger partial charge in [0, 0.05) is 53.1 Å². The van der Waals surface area contributed by atoms with E-state index in [1.807, 2.05) is 11.3 Å². The van der Waals surface area contributed by atoms with E-state index in [1.165, 1.54) is 109 Å². The molecule has 268 valence electrons. The van der Waals surface area contributed by atoms with Gasteiger partial charge in [-0.25, -0.2) is 0 Å². The van der Waals surface area contributed by atoms with Crippen LogP contribution in [0.2, 0.25) is 0 Å². The number of hydrogen-bond acceptors (Lipinski definition) is 1. The molecule has 3 heteroatoms. The van der Waals surface area contributed by atoms with E-state index >= 15 is 0 Å². The van der Waals surface area contributed by atoms with Gasteiger partial charge >= 0.3 is 0 Å². The van der Waals surface area contributed by atoms with Crippen LogP contribution in [-0.2, 0) is 6.42 Å². The van der Waals surface area contributed by atoms with Gasteiger partial charge in [-0.05, 0) is 119 Å². The Kier molecular flexibility index (Phi) is 7.72. The molecule has 0 saturated carbocycles.